The van der Waals surface area contributed by atoms with E-state index in [0.717, 1.165) is 36.1 Å². The van der Waals surface area contributed by atoms with E-state index in [1.807, 2.05) is 11.0 Å². The van der Waals surface area contributed by atoms with Gasteiger partial charge in [-0.2, -0.15) is 0 Å². The lowest BCUT2D eigenvalue weighted by molar-refractivity contribution is 0.0376. The predicted octanol–water partition coefficient (Wildman–Crippen LogP) is 4.17. The number of fused-ring (bicyclic) bond motifs is 2. The molecule has 0 aliphatic carbocycles. The van der Waals surface area contributed by atoms with Crippen molar-refractivity contribution in [1.82, 2.24) is 14.8 Å². The Hall–Kier alpha value is -3.19. The van der Waals surface area contributed by atoms with Crippen molar-refractivity contribution < 1.29 is 19.0 Å². The van der Waals surface area contributed by atoms with Gasteiger partial charge in [0.05, 0.1) is 33.5 Å². The highest BCUT2D eigenvalue weighted by molar-refractivity contribution is 5.83. The van der Waals surface area contributed by atoms with Crippen LogP contribution in [0.3, 0.4) is 0 Å². The van der Waals surface area contributed by atoms with Gasteiger partial charge in [0, 0.05) is 36.7 Å². The largest absolute Gasteiger partial charge is 0.493 e. The van der Waals surface area contributed by atoms with E-state index in [-0.39, 0.29) is 12.1 Å². The summed E-state index contributed by atoms with van der Waals surface area (Å²) in [7, 11) is 3.32. The van der Waals surface area contributed by atoms with Gasteiger partial charge >= 0.3 is 6.03 Å². The first-order valence-electron chi connectivity index (χ1n) is 11.6. The second-order valence-corrected chi connectivity index (χ2v) is 8.65. The third kappa shape index (κ3) is 4.13. The monoisotopic (exact) mass is 449 g/mol. The van der Waals surface area contributed by atoms with Gasteiger partial charge in [0.15, 0.2) is 11.5 Å². The number of carbonyl (C=O) groups excluding carboxylic acids is 1. The number of nitrogens with one attached hydrogen (secondary N) is 1. The molecule has 0 radical (unpaired) electrons. The predicted molar refractivity (Wildman–Crippen MR) is 127 cm³/mol. The second kappa shape index (κ2) is 9.35. The van der Waals surface area contributed by atoms with E-state index in [4.69, 9.17) is 14.2 Å². The summed E-state index contributed by atoms with van der Waals surface area (Å²) in [5, 5.41) is 1.24. The molecule has 1 N–H and O–H groups in total. The van der Waals surface area contributed by atoms with E-state index in [0.29, 0.717) is 38.6 Å². The molecule has 7 heteroatoms. The molecule has 1 unspecified atom stereocenters. The number of hydrogen-bond acceptors (Lipinski definition) is 4. The molecule has 2 aliphatic rings. The van der Waals surface area contributed by atoms with Gasteiger partial charge < -0.3 is 29.0 Å². The number of benzene rings is 2. The average Bonchev–Trinajstić information content (AvgIpc) is 3.29. The molecule has 3 aromatic rings. The number of rotatable bonds is 5. The van der Waals surface area contributed by atoms with E-state index < -0.39 is 0 Å². The van der Waals surface area contributed by atoms with Crippen LogP contribution in [0, 0.1) is 0 Å². The van der Waals surface area contributed by atoms with Crippen molar-refractivity contribution in [1.29, 1.82) is 0 Å². The molecule has 3 heterocycles. The first-order valence-corrected chi connectivity index (χ1v) is 11.6. The van der Waals surface area contributed by atoms with Gasteiger partial charge in [0.25, 0.3) is 0 Å². The molecule has 2 aliphatic heterocycles. The maximum Gasteiger partial charge on any atom is 0.320 e. The van der Waals surface area contributed by atoms with Gasteiger partial charge in [-0.3, -0.25) is 0 Å². The highest BCUT2D eigenvalue weighted by atomic mass is 16.5. The molecule has 0 bridgehead atoms. The van der Waals surface area contributed by atoms with Crippen molar-refractivity contribution in [2.24, 2.45) is 0 Å². The van der Waals surface area contributed by atoms with E-state index in [1.54, 1.807) is 14.2 Å². The highest BCUT2D eigenvalue weighted by Crippen LogP contribution is 2.40. The Morgan fingerprint density at radius 3 is 2.64 bits per heavy atom. The zero-order valence-corrected chi connectivity index (χ0v) is 19.3. The summed E-state index contributed by atoms with van der Waals surface area (Å²) in [6.07, 6.45) is 4.60. The number of amides is 2. The Kier molecular flexibility index (Phi) is 6.13. The lowest BCUT2D eigenvalue weighted by Crippen LogP contribution is -2.51. The van der Waals surface area contributed by atoms with Crippen molar-refractivity contribution >= 4 is 16.9 Å². The van der Waals surface area contributed by atoms with E-state index in [9.17, 15) is 4.79 Å². The van der Waals surface area contributed by atoms with Crippen LogP contribution >= 0.6 is 0 Å². The summed E-state index contributed by atoms with van der Waals surface area (Å²) in [4.78, 5) is 20.9. The Morgan fingerprint density at radius 1 is 1.09 bits per heavy atom. The number of aryl methyl sites for hydroxylation is 1. The van der Waals surface area contributed by atoms with Gasteiger partial charge in [-0.1, -0.05) is 18.2 Å². The molecule has 33 heavy (non-hydrogen) atoms. The van der Waals surface area contributed by atoms with Gasteiger partial charge in [-0.25, -0.2) is 4.79 Å². The summed E-state index contributed by atoms with van der Waals surface area (Å²) in [5.41, 5.74) is 4.80. The fourth-order valence-electron chi connectivity index (χ4n) is 5.14. The molecule has 1 aromatic heterocycles. The SMILES string of the molecule is COc1cc2c(cc1OC)C(CCc1c[nH]c3ccccc13)N(C(=O)N1CCOCC1)CC2. The third-order valence-electron chi connectivity index (χ3n) is 6.89. The van der Waals surface area contributed by atoms with Crippen molar-refractivity contribution in [3.8, 4) is 11.5 Å². The molecule has 0 saturated carbocycles. The molecule has 1 saturated heterocycles. The van der Waals surface area contributed by atoms with E-state index in [1.165, 1.54) is 16.5 Å². The third-order valence-corrected chi connectivity index (χ3v) is 6.89. The number of carbonyl (C=O) groups is 1. The molecule has 5 rings (SSSR count). The minimum Gasteiger partial charge on any atom is -0.493 e. The van der Waals surface area contributed by atoms with Crippen LogP contribution in [0.4, 0.5) is 4.79 Å². The second-order valence-electron chi connectivity index (χ2n) is 8.65. The minimum atomic E-state index is -0.0300. The van der Waals surface area contributed by atoms with Gasteiger partial charge in [-0.15, -0.1) is 0 Å². The molecule has 0 spiro atoms. The molecular formula is C26H31N3O4. The summed E-state index contributed by atoms with van der Waals surface area (Å²) in [6.45, 7) is 3.17. The summed E-state index contributed by atoms with van der Waals surface area (Å²) in [5.74, 6) is 1.44. The minimum absolute atomic E-state index is 0.0300. The number of hydrogen-bond donors (Lipinski definition) is 1. The number of para-hydroxylation sites is 1. The topological polar surface area (TPSA) is 67.0 Å². The number of methoxy groups -OCH3 is 2. The number of aromatic amines is 1. The molecule has 7 nitrogen and oxygen atoms in total. The Bertz CT molecular complexity index is 1140. The fraction of sp³-hybridized carbons (Fsp3) is 0.423. The Balaban J connectivity index is 1.48. The normalized spacial score (nSPS) is 18.3. The number of aromatic nitrogens is 1. The summed E-state index contributed by atoms with van der Waals surface area (Å²) < 4.78 is 16.6. The van der Waals surface area contributed by atoms with E-state index in [2.05, 4.69) is 46.4 Å². The van der Waals surface area contributed by atoms with Crippen molar-refractivity contribution in [2.45, 2.75) is 25.3 Å². The van der Waals surface area contributed by atoms with Crippen LogP contribution in [0.15, 0.2) is 42.6 Å². The smallest absolute Gasteiger partial charge is 0.320 e. The number of H-pyrrole nitrogens is 1. The van der Waals surface area contributed by atoms with Gasteiger partial charge in [0.2, 0.25) is 0 Å². The van der Waals surface area contributed by atoms with Gasteiger partial charge in [-0.05, 0) is 54.2 Å². The summed E-state index contributed by atoms with van der Waals surface area (Å²) >= 11 is 0. The number of morpholine rings is 1. The zero-order valence-electron chi connectivity index (χ0n) is 19.3. The molecule has 2 amide bonds. The van der Waals surface area contributed by atoms with Crippen LogP contribution in [0.25, 0.3) is 10.9 Å². The summed E-state index contributed by atoms with van der Waals surface area (Å²) in [6, 6.07) is 12.6. The number of urea groups is 1. The van der Waals surface area contributed by atoms with Crippen molar-refractivity contribution in [3.63, 3.8) is 0 Å². The van der Waals surface area contributed by atoms with Crippen molar-refractivity contribution in [3.05, 3.63) is 59.3 Å². The van der Waals surface area contributed by atoms with Crippen molar-refractivity contribution in [2.75, 3.05) is 47.1 Å². The maximum atomic E-state index is 13.6. The zero-order chi connectivity index (χ0) is 22.8. The fourth-order valence-corrected chi connectivity index (χ4v) is 5.14. The first-order chi connectivity index (χ1) is 16.2. The molecule has 2 aromatic carbocycles. The van der Waals surface area contributed by atoms with Gasteiger partial charge in [0.1, 0.15) is 0 Å². The average molecular weight is 450 g/mol. The Morgan fingerprint density at radius 2 is 1.85 bits per heavy atom. The van der Waals surface area contributed by atoms with E-state index >= 15 is 0 Å². The van der Waals surface area contributed by atoms with Crippen LogP contribution in [-0.4, -0.2) is 67.9 Å². The van der Waals surface area contributed by atoms with Crippen LogP contribution in [0.5, 0.6) is 11.5 Å². The van der Waals surface area contributed by atoms with Crippen LogP contribution in [-0.2, 0) is 17.6 Å². The van der Waals surface area contributed by atoms with Crippen LogP contribution in [0.2, 0.25) is 0 Å². The lowest BCUT2D eigenvalue weighted by Gasteiger charge is -2.41. The standard InChI is InChI=1S/C26H31N3O4/c1-31-24-15-18-9-10-29(26(30)28-11-13-33-14-12-28)23(21(18)16-25(24)32-2)8-7-19-17-27-22-6-4-3-5-20(19)22/h3-6,15-17,23,27H,7-14H2,1-2H3. The highest BCUT2D eigenvalue weighted by Gasteiger charge is 2.34. The quantitative estimate of drug-likeness (QED) is 0.635. The first kappa shape index (κ1) is 21.6. The molecular weight excluding hydrogens is 418 g/mol. The molecule has 1 fully saturated rings. The van der Waals surface area contributed by atoms with Crippen LogP contribution < -0.4 is 9.47 Å². The lowest BCUT2D eigenvalue weighted by atomic mass is 9.88. The number of nitrogens with zero attached hydrogens (tertiary/aromatic N) is 2. The molecule has 174 valence electrons. The van der Waals surface area contributed by atoms with Crippen LogP contribution in [0.1, 0.15) is 29.2 Å². The molecule has 1 atom stereocenters. The number of ether oxygens (including phenoxy) is 3. The maximum absolute atomic E-state index is 13.6. The Labute approximate surface area is 194 Å².